The van der Waals surface area contributed by atoms with Gasteiger partial charge < -0.3 is 10.2 Å². The van der Waals surface area contributed by atoms with Crippen molar-refractivity contribution in [2.75, 3.05) is 10.9 Å². The van der Waals surface area contributed by atoms with Gasteiger partial charge in [0, 0.05) is 21.9 Å². The fourth-order valence-corrected chi connectivity index (χ4v) is 4.11. The van der Waals surface area contributed by atoms with E-state index in [1.807, 2.05) is 0 Å². The lowest BCUT2D eigenvalue weighted by molar-refractivity contribution is 0.469. The molecule has 0 fully saturated rings. The van der Waals surface area contributed by atoms with Crippen LogP contribution in [0, 0.1) is 0 Å². The normalized spacial score (nSPS) is 12.7. The topological polar surface area (TPSA) is 178 Å². The van der Waals surface area contributed by atoms with Crippen molar-refractivity contribution < 1.29 is 23.2 Å². The lowest BCUT2D eigenvalue weighted by atomic mass is 10.1. The molecule has 0 unspecified atom stereocenters. The van der Waals surface area contributed by atoms with Crippen molar-refractivity contribution in [3.05, 3.63) is 96.8 Å². The molecule has 0 bridgehead atoms. The highest BCUT2D eigenvalue weighted by Crippen LogP contribution is 2.37. The fraction of sp³-hybridized carbons (Fsp3) is 0. The van der Waals surface area contributed by atoms with Gasteiger partial charge in [-0.2, -0.15) is 18.6 Å². The van der Waals surface area contributed by atoms with Crippen molar-refractivity contribution in [1.82, 2.24) is 0 Å². The van der Waals surface area contributed by atoms with Crippen molar-refractivity contribution in [3.63, 3.8) is 0 Å². The summed E-state index contributed by atoms with van der Waals surface area (Å²) in [5.74, 6) is -0.771. The van der Waals surface area contributed by atoms with Crippen LogP contribution in [0.1, 0.15) is 0 Å². The van der Waals surface area contributed by atoms with Gasteiger partial charge in [-0.1, -0.05) is 35.9 Å². The zero-order valence-electron chi connectivity index (χ0n) is 17.4. The van der Waals surface area contributed by atoms with Crippen LogP contribution in [0.15, 0.2) is 85.4 Å². The summed E-state index contributed by atoms with van der Waals surface area (Å²) in [4.78, 5) is 24.5. The zero-order chi connectivity index (χ0) is 25.3. The number of phenolic OH excluding ortho intramolecular Hbond substituents is 2. The Labute approximate surface area is 201 Å². The molecule has 178 valence electrons. The minimum absolute atomic E-state index is 0.0425. The average Bonchev–Trinajstić information content (AvgIpc) is 2.80. The fourth-order valence-electron chi connectivity index (χ4n) is 3.23. The molecule has 0 saturated heterocycles. The van der Waals surface area contributed by atoms with Crippen LogP contribution >= 0.6 is 11.6 Å². The number of nitrogens with one attached hydrogen (secondary N) is 2. The molecule has 4 rings (SSSR count). The Balaban J connectivity index is 1.80. The molecule has 4 aromatic carbocycles. The number of hydrogen-bond donors (Lipinski definition) is 5. The van der Waals surface area contributed by atoms with E-state index in [0.717, 1.165) is 18.2 Å². The van der Waals surface area contributed by atoms with Crippen LogP contribution in [-0.4, -0.2) is 23.2 Å². The molecule has 11 nitrogen and oxygen atoms in total. The van der Waals surface area contributed by atoms with Crippen LogP contribution in [0.25, 0.3) is 10.8 Å². The van der Waals surface area contributed by atoms with Crippen molar-refractivity contribution in [3.8, 4) is 11.5 Å². The molecular formula is C22H15ClN4O7S. The Morgan fingerprint density at radius 1 is 0.829 bits per heavy atom. The smallest absolute Gasteiger partial charge is 0.295 e. The molecule has 0 aromatic heterocycles. The second kappa shape index (κ2) is 9.18. The van der Waals surface area contributed by atoms with Crippen LogP contribution < -0.4 is 32.4 Å². The van der Waals surface area contributed by atoms with Crippen molar-refractivity contribution >= 4 is 43.9 Å². The number of anilines is 2. The minimum atomic E-state index is -4.64. The molecular weight excluding hydrogens is 500 g/mol. The van der Waals surface area contributed by atoms with Crippen molar-refractivity contribution in [1.29, 1.82) is 0 Å². The number of benzene rings is 4. The highest BCUT2D eigenvalue weighted by Gasteiger charge is 2.19. The first-order valence-corrected chi connectivity index (χ1v) is 11.5. The number of hydrogen-bond acceptors (Lipinski definition) is 10. The summed E-state index contributed by atoms with van der Waals surface area (Å²) < 4.78 is 32.9. The maximum Gasteiger partial charge on any atom is 0.295 e. The molecule has 35 heavy (non-hydrogen) atoms. The average molecular weight is 515 g/mol. The van der Waals surface area contributed by atoms with Gasteiger partial charge in [0.15, 0.2) is 5.36 Å². The predicted octanol–water partition coefficient (Wildman–Crippen LogP) is 1.60. The third kappa shape index (κ3) is 4.84. The first-order chi connectivity index (χ1) is 16.6. The second-order valence-electron chi connectivity index (χ2n) is 7.16. The lowest BCUT2D eigenvalue weighted by Crippen LogP contribution is -2.47. The quantitative estimate of drug-likeness (QED) is 0.150. The molecule has 0 radical (unpaired) electrons. The molecule has 0 aliphatic rings. The lowest BCUT2D eigenvalue weighted by Gasteiger charge is -2.11. The van der Waals surface area contributed by atoms with E-state index in [2.05, 4.69) is 21.1 Å². The number of rotatable bonds is 5. The molecule has 0 amide bonds. The molecule has 0 aliphatic heterocycles. The van der Waals surface area contributed by atoms with E-state index in [-0.39, 0.29) is 38.3 Å². The van der Waals surface area contributed by atoms with Gasteiger partial charge in [-0.3, -0.25) is 25.0 Å². The Morgan fingerprint density at radius 2 is 1.54 bits per heavy atom. The number of aromatic hydroxyl groups is 2. The first kappa shape index (κ1) is 23.9. The summed E-state index contributed by atoms with van der Waals surface area (Å²) in [7, 11) is -4.64. The van der Waals surface area contributed by atoms with Crippen LogP contribution in [-0.2, 0) is 10.1 Å². The van der Waals surface area contributed by atoms with Gasteiger partial charge in [-0.25, -0.2) is 0 Å². The Kier molecular flexibility index (Phi) is 6.26. The summed E-state index contributed by atoms with van der Waals surface area (Å²) in [5.41, 5.74) is 3.36. The van der Waals surface area contributed by atoms with E-state index in [1.54, 1.807) is 6.07 Å². The molecule has 0 spiro atoms. The monoisotopic (exact) mass is 514 g/mol. The Bertz CT molecular complexity index is 1810. The standard InChI is InChI=1S/C22H15ClN4O7S/c23-11-5-7-16(28)15(9-11)25-27-21-17(29)8-6-14(22(21)31)24-26-20-13-4-2-1-3-12(13)19(10-18(20)30)35(32,33)34/h1-10,25-26,28,30H,(H,32,33,34). The third-order valence-electron chi connectivity index (χ3n) is 4.87. The summed E-state index contributed by atoms with van der Waals surface area (Å²) in [6.45, 7) is 0. The van der Waals surface area contributed by atoms with E-state index < -0.39 is 37.0 Å². The van der Waals surface area contributed by atoms with Gasteiger partial charge in [0.2, 0.25) is 10.9 Å². The predicted molar refractivity (Wildman–Crippen MR) is 128 cm³/mol. The summed E-state index contributed by atoms with van der Waals surface area (Å²) in [5, 5.41) is 27.7. The Morgan fingerprint density at radius 3 is 2.26 bits per heavy atom. The van der Waals surface area contributed by atoms with Gasteiger partial charge in [0.1, 0.15) is 27.4 Å². The van der Waals surface area contributed by atoms with Gasteiger partial charge >= 0.3 is 0 Å². The third-order valence-corrected chi connectivity index (χ3v) is 6.00. The molecule has 13 heteroatoms. The molecule has 0 heterocycles. The van der Waals surface area contributed by atoms with Gasteiger partial charge in [-0.05, 0) is 30.3 Å². The maximum absolute atomic E-state index is 12.8. The summed E-state index contributed by atoms with van der Waals surface area (Å²) in [6, 6.07) is 13.1. The van der Waals surface area contributed by atoms with Crippen LogP contribution in [0.4, 0.5) is 11.4 Å². The van der Waals surface area contributed by atoms with Crippen molar-refractivity contribution in [2.45, 2.75) is 4.90 Å². The van der Waals surface area contributed by atoms with E-state index in [0.29, 0.717) is 0 Å². The molecule has 0 aliphatic carbocycles. The maximum atomic E-state index is 12.8. The highest BCUT2D eigenvalue weighted by atomic mass is 35.5. The minimum Gasteiger partial charge on any atom is -0.506 e. The number of phenols is 2. The van der Waals surface area contributed by atoms with E-state index >= 15 is 0 Å². The molecule has 0 atom stereocenters. The van der Waals surface area contributed by atoms with E-state index in [1.165, 1.54) is 36.4 Å². The van der Waals surface area contributed by atoms with Gasteiger partial charge in [0.05, 0.1) is 5.69 Å². The molecule has 5 N–H and O–H groups in total. The Hall–Kier alpha value is -4.26. The molecule has 0 saturated carbocycles. The van der Waals surface area contributed by atoms with Gasteiger partial charge in [0.25, 0.3) is 10.1 Å². The van der Waals surface area contributed by atoms with E-state index in [4.69, 9.17) is 11.6 Å². The zero-order valence-corrected chi connectivity index (χ0v) is 19.0. The number of nitrogens with zero attached hydrogens (tertiary/aromatic N) is 2. The second-order valence-corrected chi connectivity index (χ2v) is 8.99. The summed E-state index contributed by atoms with van der Waals surface area (Å²) in [6.07, 6.45) is 0. The summed E-state index contributed by atoms with van der Waals surface area (Å²) >= 11 is 5.87. The van der Waals surface area contributed by atoms with E-state index in [9.17, 15) is 32.8 Å². The SMILES string of the molecule is O=c1ccc(=NNc2c(O)cc(S(=O)(=O)O)c3ccccc23)c(=O)c1=NNc1cc(Cl)ccc1O. The highest BCUT2D eigenvalue weighted by molar-refractivity contribution is 7.86. The number of fused-ring (bicyclic) bond motifs is 1. The number of halogens is 1. The first-order valence-electron chi connectivity index (χ1n) is 9.71. The van der Waals surface area contributed by atoms with Crippen LogP contribution in [0.3, 0.4) is 0 Å². The molecule has 4 aromatic rings. The van der Waals surface area contributed by atoms with Gasteiger partial charge in [-0.15, -0.1) is 0 Å². The van der Waals surface area contributed by atoms with Crippen LogP contribution in [0.2, 0.25) is 5.02 Å². The van der Waals surface area contributed by atoms with Crippen LogP contribution in [0.5, 0.6) is 11.5 Å². The largest absolute Gasteiger partial charge is 0.506 e. The van der Waals surface area contributed by atoms with Crippen molar-refractivity contribution in [2.24, 2.45) is 10.2 Å².